The van der Waals surface area contributed by atoms with Crippen LogP contribution in [0.15, 0.2) is 24.3 Å². The van der Waals surface area contributed by atoms with Crippen molar-refractivity contribution in [2.24, 2.45) is 0 Å². The fourth-order valence-electron chi connectivity index (χ4n) is 2.77. The number of carbonyl (C=O) groups excluding carboxylic acids is 1. The third kappa shape index (κ3) is 4.05. The molecule has 0 saturated heterocycles. The summed E-state index contributed by atoms with van der Waals surface area (Å²) < 4.78 is 30.7. The molecule has 1 aliphatic heterocycles. The number of nitrogens with zero attached hydrogens (tertiary/aromatic N) is 3. The highest BCUT2D eigenvalue weighted by Gasteiger charge is 2.25. The summed E-state index contributed by atoms with van der Waals surface area (Å²) in [6.07, 6.45) is 2.01. The van der Waals surface area contributed by atoms with Crippen LogP contribution in [-0.4, -0.2) is 51.2 Å². The van der Waals surface area contributed by atoms with Gasteiger partial charge in [0.05, 0.1) is 31.2 Å². The number of hydrogen-bond acceptors (Lipinski definition) is 7. The highest BCUT2D eigenvalue weighted by Crippen LogP contribution is 2.32. The van der Waals surface area contributed by atoms with Gasteiger partial charge in [0, 0.05) is 24.4 Å². The average molecular weight is 396 g/mol. The second-order valence-corrected chi connectivity index (χ2v) is 9.28. The Labute approximate surface area is 157 Å². The SMILES string of the molecule is COC(=O)c1ccc(CN(c2nc3c(s2)CN(C)CC3)S(C)(=O)=O)cc1. The number of carbonyl (C=O) groups is 1. The first-order chi connectivity index (χ1) is 12.3. The van der Waals surface area contributed by atoms with Crippen molar-refractivity contribution in [3.8, 4) is 0 Å². The van der Waals surface area contributed by atoms with Crippen molar-refractivity contribution in [1.82, 2.24) is 9.88 Å². The zero-order chi connectivity index (χ0) is 18.9. The summed E-state index contributed by atoms with van der Waals surface area (Å²) in [6, 6.07) is 6.71. The summed E-state index contributed by atoms with van der Waals surface area (Å²) in [6.45, 7) is 1.88. The van der Waals surface area contributed by atoms with Crippen LogP contribution in [0, 0.1) is 0 Å². The van der Waals surface area contributed by atoms with Gasteiger partial charge in [-0.3, -0.25) is 0 Å². The van der Waals surface area contributed by atoms with Crippen LogP contribution in [0.3, 0.4) is 0 Å². The molecule has 1 aromatic heterocycles. The van der Waals surface area contributed by atoms with Crippen LogP contribution in [-0.2, 0) is 34.3 Å². The van der Waals surface area contributed by atoms with Crippen molar-refractivity contribution in [3.05, 3.63) is 46.0 Å². The van der Waals surface area contributed by atoms with E-state index in [2.05, 4.69) is 14.6 Å². The van der Waals surface area contributed by atoms with Crippen molar-refractivity contribution in [2.45, 2.75) is 19.5 Å². The highest BCUT2D eigenvalue weighted by molar-refractivity contribution is 7.92. The van der Waals surface area contributed by atoms with E-state index in [1.165, 1.54) is 29.0 Å². The second kappa shape index (κ2) is 7.34. The minimum Gasteiger partial charge on any atom is -0.465 e. The number of methoxy groups -OCH3 is 1. The van der Waals surface area contributed by atoms with Gasteiger partial charge in [0.2, 0.25) is 10.0 Å². The molecule has 7 nitrogen and oxygen atoms in total. The fourth-order valence-corrected chi connectivity index (χ4v) is 5.09. The minimum atomic E-state index is -3.48. The number of sulfonamides is 1. The molecule has 3 rings (SSSR count). The normalized spacial score (nSPS) is 14.7. The lowest BCUT2D eigenvalue weighted by Crippen LogP contribution is -2.29. The molecule has 9 heteroatoms. The first-order valence-corrected chi connectivity index (χ1v) is 10.8. The number of thiazole rings is 1. The summed E-state index contributed by atoms with van der Waals surface area (Å²) in [5.41, 5.74) is 2.18. The van der Waals surface area contributed by atoms with E-state index in [4.69, 9.17) is 0 Å². The molecule has 0 unspecified atom stereocenters. The molecular weight excluding hydrogens is 374 g/mol. The quantitative estimate of drug-likeness (QED) is 0.719. The first-order valence-electron chi connectivity index (χ1n) is 8.10. The molecule has 2 aromatic rings. The highest BCUT2D eigenvalue weighted by atomic mass is 32.2. The van der Waals surface area contributed by atoms with Gasteiger partial charge in [-0.05, 0) is 24.7 Å². The molecule has 0 fully saturated rings. The van der Waals surface area contributed by atoms with Gasteiger partial charge in [0.1, 0.15) is 0 Å². The molecule has 0 bridgehead atoms. The van der Waals surface area contributed by atoms with Gasteiger partial charge >= 0.3 is 5.97 Å². The van der Waals surface area contributed by atoms with Crippen LogP contribution in [0.1, 0.15) is 26.5 Å². The molecule has 2 heterocycles. The largest absolute Gasteiger partial charge is 0.465 e. The minimum absolute atomic E-state index is 0.169. The average Bonchev–Trinajstić information content (AvgIpc) is 3.01. The van der Waals surface area contributed by atoms with Gasteiger partial charge in [-0.2, -0.15) is 0 Å². The van der Waals surface area contributed by atoms with Crippen molar-refractivity contribution >= 4 is 32.5 Å². The predicted molar refractivity (Wildman–Crippen MR) is 101 cm³/mol. The van der Waals surface area contributed by atoms with Crippen LogP contribution in [0.2, 0.25) is 0 Å². The second-order valence-electron chi connectivity index (χ2n) is 6.31. The number of rotatable bonds is 5. The zero-order valence-electron chi connectivity index (χ0n) is 14.9. The summed E-state index contributed by atoms with van der Waals surface area (Å²) in [7, 11) is -0.120. The van der Waals surface area contributed by atoms with E-state index >= 15 is 0 Å². The lowest BCUT2D eigenvalue weighted by Gasteiger charge is -2.20. The molecule has 140 valence electrons. The Morgan fingerprint density at radius 3 is 2.65 bits per heavy atom. The van der Waals surface area contributed by atoms with E-state index in [1.807, 2.05) is 7.05 Å². The molecule has 0 atom stereocenters. The van der Waals surface area contributed by atoms with Crippen molar-refractivity contribution in [1.29, 1.82) is 0 Å². The number of ether oxygens (including phenoxy) is 1. The summed E-state index contributed by atoms with van der Waals surface area (Å²) in [5, 5.41) is 0.491. The van der Waals surface area contributed by atoms with E-state index in [0.717, 1.165) is 35.6 Å². The smallest absolute Gasteiger partial charge is 0.337 e. The van der Waals surface area contributed by atoms with E-state index in [-0.39, 0.29) is 6.54 Å². The maximum Gasteiger partial charge on any atom is 0.337 e. The Morgan fingerprint density at radius 2 is 2.04 bits per heavy atom. The van der Waals surface area contributed by atoms with Gasteiger partial charge in [-0.15, -0.1) is 0 Å². The lowest BCUT2D eigenvalue weighted by molar-refractivity contribution is 0.0600. The Hall–Kier alpha value is -1.97. The Morgan fingerprint density at radius 1 is 1.35 bits per heavy atom. The van der Waals surface area contributed by atoms with Crippen molar-refractivity contribution in [2.75, 3.05) is 31.3 Å². The third-order valence-electron chi connectivity index (χ3n) is 4.23. The van der Waals surface area contributed by atoms with Crippen LogP contribution in [0.5, 0.6) is 0 Å². The molecule has 0 N–H and O–H groups in total. The van der Waals surface area contributed by atoms with Crippen molar-refractivity contribution in [3.63, 3.8) is 0 Å². The van der Waals surface area contributed by atoms with E-state index in [9.17, 15) is 13.2 Å². The van der Waals surface area contributed by atoms with Crippen LogP contribution >= 0.6 is 11.3 Å². The predicted octanol–water partition coefficient (Wildman–Crippen LogP) is 1.88. The van der Waals surface area contributed by atoms with Gasteiger partial charge in [0.25, 0.3) is 0 Å². The molecule has 0 spiro atoms. The summed E-state index contributed by atoms with van der Waals surface area (Å²) in [4.78, 5) is 19.4. The fraction of sp³-hybridized carbons (Fsp3) is 0.412. The van der Waals surface area contributed by atoms with E-state index in [0.29, 0.717) is 10.7 Å². The molecule has 0 aliphatic carbocycles. The lowest BCUT2D eigenvalue weighted by atomic mass is 10.1. The Bertz CT molecular complexity index is 907. The number of esters is 1. The van der Waals surface area contributed by atoms with Crippen LogP contribution in [0.25, 0.3) is 0 Å². The molecule has 0 saturated carbocycles. The third-order valence-corrected chi connectivity index (χ3v) is 6.55. The maximum absolute atomic E-state index is 12.3. The monoisotopic (exact) mass is 395 g/mol. The number of likely N-dealkylation sites (N-methyl/N-ethyl adjacent to an activating group) is 1. The number of hydrogen-bond donors (Lipinski definition) is 0. The van der Waals surface area contributed by atoms with E-state index < -0.39 is 16.0 Å². The maximum atomic E-state index is 12.3. The topological polar surface area (TPSA) is 79.8 Å². The van der Waals surface area contributed by atoms with Gasteiger partial charge in [0.15, 0.2) is 5.13 Å². The molecule has 1 aliphatic rings. The van der Waals surface area contributed by atoms with Gasteiger partial charge < -0.3 is 9.64 Å². The van der Waals surface area contributed by atoms with Crippen LogP contribution in [0.4, 0.5) is 5.13 Å². The summed E-state index contributed by atoms with van der Waals surface area (Å²) >= 11 is 1.42. The van der Waals surface area contributed by atoms with Crippen LogP contribution < -0.4 is 4.31 Å². The molecular formula is C17H21N3O4S2. The molecule has 0 amide bonds. The Kier molecular flexibility index (Phi) is 5.31. The van der Waals surface area contributed by atoms with Crippen molar-refractivity contribution < 1.29 is 17.9 Å². The molecule has 26 heavy (non-hydrogen) atoms. The zero-order valence-corrected chi connectivity index (χ0v) is 16.6. The number of benzene rings is 1. The number of aromatic nitrogens is 1. The number of fused-ring (bicyclic) bond motifs is 1. The number of anilines is 1. The van der Waals surface area contributed by atoms with Gasteiger partial charge in [-0.25, -0.2) is 22.5 Å². The molecule has 0 radical (unpaired) electrons. The first kappa shape index (κ1) is 18.8. The Balaban J connectivity index is 1.87. The van der Waals surface area contributed by atoms with E-state index in [1.54, 1.807) is 24.3 Å². The summed E-state index contributed by atoms with van der Waals surface area (Å²) in [5.74, 6) is -0.423. The molecule has 1 aromatic carbocycles. The standard InChI is InChI=1S/C17H21N3O4S2/c1-19-9-8-14-15(11-19)25-17(18-14)20(26(3,22)23)10-12-4-6-13(7-5-12)16(21)24-2/h4-7H,8-11H2,1-3H3. The van der Waals surface area contributed by atoms with Gasteiger partial charge in [-0.1, -0.05) is 23.5 Å².